The fourth-order valence-electron chi connectivity index (χ4n) is 1.71. The Morgan fingerprint density at radius 2 is 1.95 bits per heavy atom. The molecule has 19 heavy (non-hydrogen) atoms. The van der Waals surface area contributed by atoms with E-state index >= 15 is 0 Å². The van der Waals surface area contributed by atoms with Crippen molar-refractivity contribution >= 4 is 17.6 Å². The molecule has 1 rings (SSSR count). The third-order valence-corrected chi connectivity index (χ3v) is 3.08. The van der Waals surface area contributed by atoms with Gasteiger partial charge in [0.05, 0.1) is 11.6 Å². The van der Waals surface area contributed by atoms with Gasteiger partial charge in [-0.3, -0.25) is 0 Å². The molecule has 0 spiro atoms. The molecule has 0 saturated heterocycles. The van der Waals surface area contributed by atoms with Crippen LogP contribution in [0.3, 0.4) is 0 Å². The summed E-state index contributed by atoms with van der Waals surface area (Å²) in [6.07, 6.45) is 7.07. The maximum Gasteiger partial charge on any atom is 0.356 e. The van der Waals surface area contributed by atoms with Gasteiger partial charge in [-0.05, 0) is 12.5 Å². The normalized spacial score (nSPS) is 10.4. The van der Waals surface area contributed by atoms with Crippen molar-refractivity contribution in [1.82, 2.24) is 4.98 Å². The zero-order chi connectivity index (χ0) is 14.1. The number of carbonyl (C=O) groups is 1. The minimum Gasteiger partial charge on any atom is -0.478 e. The number of halogens is 1. The predicted octanol–water partition coefficient (Wildman–Crippen LogP) is 4.17. The predicted molar refractivity (Wildman–Crippen MR) is 75.1 cm³/mol. The highest BCUT2D eigenvalue weighted by Gasteiger charge is 2.11. The minimum absolute atomic E-state index is 0.124. The number of aromatic carboxylic acids is 1. The lowest BCUT2D eigenvalue weighted by molar-refractivity contribution is 0.0689. The molecule has 0 aliphatic carbocycles. The van der Waals surface area contributed by atoms with Crippen LogP contribution in [0.4, 0.5) is 0 Å². The van der Waals surface area contributed by atoms with Crippen LogP contribution in [0.25, 0.3) is 0 Å². The van der Waals surface area contributed by atoms with E-state index in [1.165, 1.54) is 31.7 Å². The number of pyridine rings is 1. The van der Waals surface area contributed by atoms with E-state index in [1.54, 1.807) is 6.07 Å². The Labute approximate surface area is 118 Å². The van der Waals surface area contributed by atoms with Crippen molar-refractivity contribution in [1.29, 1.82) is 0 Å². The van der Waals surface area contributed by atoms with Crippen molar-refractivity contribution in [3.63, 3.8) is 0 Å². The summed E-state index contributed by atoms with van der Waals surface area (Å²) in [7, 11) is 0. The number of hydrogen-bond donors (Lipinski definition) is 1. The third kappa shape index (κ3) is 5.92. The van der Waals surface area contributed by atoms with Gasteiger partial charge in [0.1, 0.15) is 0 Å². The maximum absolute atomic E-state index is 10.8. The molecular weight excluding hydrogens is 266 g/mol. The van der Waals surface area contributed by atoms with Crippen molar-refractivity contribution in [2.24, 2.45) is 0 Å². The number of ether oxygens (including phenoxy) is 1. The third-order valence-electron chi connectivity index (χ3n) is 2.77. The highest BCUT2D eigenvalue weighted by Crippen LogP contribution is 2.18. The molecule has 1 N–H and O–H groups in total. The standard InChI is InChI=1S/C14H20ClNO3/c1-2-3-4-5-6-7-10-19-12-9-8-11(15)13(16-12)14(17)18/h8-9H,2-7,10H2,1H3,(H,17,18). The molecule has 0 radical (unpaired) electrons. The Bertz CT molecular complexity index is 410. The van der Waals surface area contributed by atoms with Crippen LogP contribution in [-0.4, -0.2) is 22.7 Å². The summed E-state index contributed by atoms with van der Waals surface area (Å²) in [5.41, 5.74) is -0.165. The number of aromatic nitrogens is 1. The Hall–Kier alpha value is -1.29. The zero-order valence-corrected chi connectivity index (χ0v) is 11.9. The van der Waals surface area contributed by atoms with Gasteiger partial charge in [0.15, 0.2) is 5.69 Å². The first-order valence-electron chi connectivity index (χ1n) is 6.67. The van der Waals surface area contributed by atoms with E-state index in [1.807, 2.05) is 0 Å². The Balaban J connectivity index is 2.30. The lowest BCUT2D eigenvalue weighted by Crippen LogP contribution is -2.05. The van der Waals surface area contributed by atoms with E-state index in [0.29, 0.717) is 12.5 Å². The van der Waals surface area contributed by atoms with Crippen LogP contribution in [0.5, 0.6) is 5.88 Å². The van der Waals surface area contributed by atoms with Crippen LogP contribution in [0.15, 0.2) is 12.1 Å². The minimum atomic E-state index is -1.14. The zero-order valence-electron chi connectivity index (χ0n) is 11.2. The molecule has 0 aliphatic heterocycles. The Kier molecular flexibility index (Phi) is 7.26. The van der Waals surface area contributed by atoms with Gasteiger partial charge >= 0.3 is 5.97 Å². The van der Waals surface area contributed by atoms with Gasteiger partial charge in [-0.1, -0.05) is 50.6 Å². The van der Waals surface area contributed by atoms with Crippen LogP contribution in [0, 0.1) is 0 Å². The molecule has 0 aliphatic rings. The monoisotopic (exact) mass is 285 g/mol. The molecule has 0 fully saturated rings. The SMILES string of the molecule is CCCCCCCCOc1ccc(Cl)c(C(=O)O)n1. The average Bonchev–Trinajstić information content (AvgIpc) is 2.39. The average molecular weight is 286 g/mol. The first-order chi connectivity index (χ1) is 9.15. The molecule has 0 saturated carbocycles. The highest BCUT2D eigenvalue weighted by atomic mass is 35.5. The number of nitrogens with zero attached hydrogens (tertiary/aromatic N) is 1. The number of carboxylic acids is 1. The van der Waals surface area contributed by atoms with Crippen molar-refractivity contribution < 1.29 is 14.6 Å². The van der Waals surface area contributed by atoms with Crippen molar-refractivity contribution in [2.45, 2.75) is 45.4 Å². The van der Waals surface area contributed by atoms with E-state index in [-0.39, 0.29) is 10.7 Å². The van der Waals surface area contributed by atoms with Gasteiger partial charge in [0.25, 0.3) is 0 Å². The molecule has 1 heterocycles. The first-order valence-corrected chi connectivity index (χ1v) is 7.05. The molecule has 1 aromatic rings. The molecule has 1 aromatic heterocycles. The summed E-state index contributed by atoms with van der Waals surface area (Å²) in [5, 5.41) is 9.00. The summed E-state index contributed by atoms with van der Waals surface area (Å²) in [6, 6.07) is 3.08. The second-order valence-electron chi connectivity index (χ2n) is 4.40. The van der Waals surface area contributed by atoms with Gasteiger partial charge in [-0.25, -0.2) is 9.78 Å². The molecule has 0 bridgehead atoms. The summed E-state index contributed by atoms with van der Waals surface area (Å²) in [4.78, 5) is 14.7. The van der Waals surface area contributed by atoms with Crippen molar-refractivity contribution in [3.8, 4) is 5.88 Å². The molecule has 0 atom stereocenters. The van der Waals surface area contributed by atoms with Gasteiger partial charge < -0.3 is 9.84 Å². The number of carboxylic acid groups (broad SMARTS) is 1. The summed E-state index contributed by atoms with van der Waals surface area (Å²) < 4.78 is 5.43. The first kappa shape index (κ1) is 15.8. The van der Waals surface area contributed by atoms with E-state index in [9.17, 15) is 4.79 Å². The fourth-order valence-corrected chi connectivity index (χ4v) is 1.90. The second-order valence-corrected chi connectivity index (χ2v) is 4.81. The molecule has 0 amide bonds. The summed E-state index contributed by atoms with van der Waals surface area (Å²) >= 11 is 5.72. The number of unbranched alkanes of at least 4 members (excludes halogenated alkanes) is 5. The number of hydrogen-bond acceptors (Lipinski definition) is 3. The molecular formula is C14H20ClNO3. The van der Waals surface area contributed by atoms with Gasteiger partial charge in [-0.2, -0.15) is 0 Å². The van der Waals surface area contributed by atoms with Crippen LogP contribution in [-0.2, 0) is 0 Å². The molecule has 106 valence electrons. The van der Waals surface area contributed by atoms with E-state index < -0.39 is 5.97 Å². The van der Waals surface area contributed by atoms with Crippen LogP contribution < -0.4 is 4.74 Å². The quantitative estimate of drug-likeness (QED) is 0.692. The lowest BCUT2D eigenvalue weighted by Gasteiger charge is -2.06. The maximum atomic E-state index is 10.8. The lowest BCUT2D eigenvalue weighted by atomic mass is 10.1. The molecule has 5 heteroatoms. The Morgan fingerprint density at radius 3 is 2.63 bits per heavy atom. The highest BCUT2D eigenvalue weighted by molar-refractivity contribution is 6.33. The summed E-state index contributed by atoms with van der Waals surface area (Å²) in [5.74, 6) is -0.828. The van der Waals surface area contributed by atoms with Crippen LogP contribution >= 0.6 is 11.6 Å². The van der Waals surface area contributed by atoms with Crippen molar-refractivity contribution in [3.05, 3.63) is 22.8 Å². The van der Waals surface area contributed by atoms with Crippen LogP contribution in [0.1, 0.15) is 55.9 Å². The van der Waals surface area contributed by atoms with Gasteiger partial charge in [-0.15, -0.1) is 0 Å². The summed E-state index contributed by atoms with van der Waals surface area (Å²) in [6.45, 7) is 2.75. The van der Waals surface area contributed by atoms with Crippen LogP contribution in [0.2, 0.25) is 5.02 Å². The molecule has 0 aromatic carbocycles. The number of rotatable bonds is 9. The van der Waals surface area contributed by atoms with E-state index in [0.717, 1.165) is 12.8 Å². The fraction of sp³-hybridized carbons (Fsp3) is 0.571. The van der Waals surface area contributed by atoms with Gasteiger partial charge in [0, 0.05) is 6.07 Å². The van der Waals surface area contributed by atoms with E-state index in [2.05, 4.69) is 11.9 Å². The topological polar surface area (TPSA) is 59.4 Å². The van der Waals surface area contributed by atoms with Crippen molar-refractivity contribution in [2.75, 3.05) is 6.61 Å². The smallest absolute Gasteiger partial charge is 0.356 e. The molecule has 4 nitrogen and oxygen atoms in total. The van der Waals surface area contributed by atoms with E-state index in [4.69, 9.17) is 21.4 Å². The van der Waals surface area contributed by atoms with Gasteiger partial charge in [0.2, 0.25) is 5.88 Å². The second kappa shape index (κ2) is 8.75. The Morgan fingerprint density at radius 1 is 1.26 bits per heavy atom. The largest absolute Gasteiger partial charge is 0.478 e. The molecule has 0 unspecified atom stereocenters.